The largest absolute Gasteiger partial charge is 0.372 e. The normalized spacial score (nSPS) is 33.2. The molecule has 0 saturated carbocycles. The Bertz CT molecular complexity index is 849. The quantitative estimate of drug-likeness (QED) is 0.482. The fourth-order valence-corrected chi connectivity index (χ4v) is 4.91. The molecule has 1 aromatic rings. The zero-order valence-electron chi connectivity index (χ0n) is 19.5. The maximum atomic E-state index is 15.1. The van der Waals surface area contributed by atoms with E-state index < -0.39 is 11.6 Å². The Hall–Kier alpha value is -1.56. The van der Waals surface area contributed by atoms with Gasteiger partial charge in [-0.15, -0.1) is 0 Å². The molecule has 32 heavy (non-hydrogen) atoms. The minimum Gasteiger partial charge on any atom is -0.372 e. The zero-order chi connectivity index (χ0) is 22.7. The van der Waals surface area contributed by atoms with Crippen LogP contribution in [-0.2, 0) is 14.2 Å². The van der Waals surface area contributed by atoms with Crippen LogP contribution in [-0.4, -0.2) is 32.2 Å². The van der Waals surface area contributed by atoms with Crippen molar-refractivity contribution >= 4 is 5.57 Å². The number of ether oxygens (including phenoxy) is 3. The van der Waals surface area contributed by atoms with E-state index in [4.69, 9.17) is 14.2 Å². The van der Waals surface area contributed by atoms with E-state index >= 15 is 8.78 Å². The predicted octanol–water partition coefficient (Wildman–Crippen LogP) is 6.78. The second kappa shape index (κ2) is 10.1. The lowest BCUT2D eigenvalue weighted by atomic mass is 9.78. The Labute approximate surface area is 190 Å². The van der Waals surface area contributed by atoms with Gasteiger partial charge in [0.25, 0.3) is 0 Å². The maximum Gasteiger partial charge on any atom is 0.183 e. The average molecular weight is 447 g/mol. The molecular formula is C27H36F2O3. The van der Waals surface area contributed by atoms with E-state index in [1.807, 2.05) is 12.2 Å². The molecule has 2 fully saturated rings. The molecule has 0 N–H and O–H groups in total. The molecule has 5 heteroatoms. The first-order valence-corrected chi connectivity index (χ1v) is 12.2. The van der Waals surface area contributed by atoms with Crippen molar-refractivity contribution in [2.24, 2.45) is 11.3 Å². The minimum absolute atomic E-state index is 0.0944. The van der Waals surface area contributed by atoms with E-state index in [-0.39, 0.29) is 23.7 Å². The van der Waals surface area contributed by atoms with Crippen molar-refractivity contribution in [3.8, 4) is 0 Å². The van der Waals surface area contributed by atoms with Crippen LogP contribution in [0, 0.1) is 23.0 Å². The molecule has 176 valence electrons. The van der Waals surface area contributed by atoms with Gasteiger partial charge in [-0.3, -0.25) is 0 Å². The molecule has 0 bridgehead atoms. The minimum atomic E-state index is -0.762. The summed E-state index contributed by atoms with van der Waals surface area (Å²) in [7, 11) is 0. The van der Waals surface area contributed by atoms with Crippen molar-refractivity contribution in [2.45, 2.75) is 77.6 Å². The molecule has 2 saturated heterocycles. The predicted molar refractivity (Wildman–Crippen MR) is 122 cm³/mol. The van der Waals surface area contributed by atoms with Crippen LogP contribution in [0.1, 0.15) is 76.3 Å². The number of halogens is 2. The molecular weight excluding hydrogens is 410 g/mol. The van der Waals surface area contributed by atoms with Gasteiger partial charge in [0.2, 0.25) is 0 Å². The van der Waals surface area contributed by atoms with Crippen molar-refractivity contribution < 1.29 is 23.0 Å². The Morgan fingerprint density at radius 1 is 1.00 bits per heavy atom. The second-order valence-electron chi connectivity index (χ2n) is 9.87. The van der Waals surface area contributed by atoms with E-state index in [1.165, 1.54) is 0 Å². The van der Waals surface area contributed by atoms with Crippen LogP contribution in [0.5, 0.6) is 0 Å². The molecule has 2 aliphatic heterocycles. The summed E-state index contributed by atoms with van der Waals surface area (Å²) in [4.78, 5) is 0. The highest BCUT2D eigenvalue weighted by Gasteiger charge is 2.35. The van der Waals surface area contributed by atoms with Gasteiger partial charge in [-0.1, -0.05) is 57.6 Å². The molecule has 3 atom stereocenters. The van der Waals surface area contributed by atoms with Crippen LogP contribution in [0.3, 0.4) is 0 Å². The molecule has 3 aliphatic rings. The van der Waals surface area contributed by atoms with E-state index in [0.29, 0.717) is 43.3 Å². The molecule has 0 aromatic heterocycles. The topological polar surface area (TPSA) is 27.7 Å². The van der Waals surface area contributed by atoms with Crippen LogP contribution in [0.4, 0.5) is 8.78 Å². The van der Waals surface area contributed by atoms with Gasteiger partial charge in [-0.05, 0) is 48.7 Å². The summed E-state index contributed by atoms with van der Waals surface area (Å²) >= 11 is 0. The lowest BCUT2D eigenvalue weighted by molar-refractivity contribution is -0.256. The first kappa shape index (κ1) is 23.6. The average Bonchev–Trinajstić information content (AvgIpc) is 2.82. The summed E-state index contributed by atoms with van der Waals surface area (Å²) in [6.45, 7) is 8.23. The summed E-state index contributed by atoms with van der Waals surface area (Å²) in [6, 6.07) is 3.44. The Kier molecular flexibility index (Phi) is 7.48. The van der Waals surface area contributed by atoms with E-state index in [1.54, 1.807) is 12.1 Å². The molecule has 0 amide bonds. The molecule has 1 aliphatic carbocycles. The SMILES string of the molecule is CCCC1COC(C2CCC(c3ccc(C4=CCC(C)(CC)C=C4)c(F)c3F)CO2)OC1. The Balaban J connectivity index is 1.37. The van der Waals surface area contributed by atoms with Crippen molar-refractivity contribution in [3.63, 3.8) is 0 Å². The summed E-state index contributed by atoms with van der Waals surface area (Å²) in [5.74, 6) is -1.22. The first-order valence-electron chi connectivity index (χ1n) is 12.2. The first-order chi connectivity index (χ1) is 15.4. The Morgan fingerprint density at radius 3 is 2.38 bits per heavy atom. The van der Waals surface area contributed by atoms with Crippen molar-refractivity contribution in [2.75, 3.05) is 19.8 Å². The molecule has 3 nitrogen and oxygen atoms in total. The third-order valence-corrected chi connectivity index (χ3v) is 7.43. The van der Waals surface area contributed by atoms with Gasteiger partial charge in [-0.25, -0.2) is 8.78 Å². The number of rotatable bonds is 6. The van der Waals surface area contributed by atoms with Gasteiger partial charge in [0.1, 0.15) is 6.10 Å². The lowest BCUT2D eigenvalue weighted by Gasteiger charge is -2.37. The smallest absolute Gasteiger partial charge is 0.183 e. The van der Waals surface area contributed by atoms with Crippen LogP contribution in [0.2, 0.25) is 0 Å². The number of hydrogen-bond acceptors (Lipinski definition) is 3. The molecule has 0 radical (unpaired) electrons. The van der Waals surface area contributed by atoms with Gasteiger partial charge in [0, 0.05) is 17.4 Å². The second-order valence-corrected chi connectivity index (χ2v) is 9.87. The van der Waals surface area contributed by atoms with Gasteiger partial charge in [0.05, 0.1) is 19.8 Å². The third-order valence-electron chi connectivity index (χ3n) is 7.43. The van der Waals surface area contributed by atoms with Crippen molar-refractivity contribution in [1.29, 1.82) is 0 Å². The number of hydrogen-bond donors (Lipinski definition) is 0. The summed E-state index contributed by atoms with van der Waals surface area (Å²) in [5.41, 5.74) is 1.58. The monoisotopic (exact) mass is 446 g/mol. The van der Waals surface area contributed by atoms with E-state index in [9.17, 15) is 0 Å². The standard InChI is InChI=1S/C27H36F2O3/c1-4-6-18-15-31-26(32-16-18)23-10-7-20(17-30-23)22-9-8-21(24(28)25(22)29)19-11-13-27(3,5-2)14-12-19/h8-9,11-13,18,20,23,26H,4-7,10,14-17H2,1-3H3. The zero-order valence-corrected chi connectivity index (χ0v) is 19.5. The van der Waals surface area contributed by atoms with Gasteiger partial charge >= 0.3 is 0 Å². The van der Waals surface area contributed by atoms with Crippen molar-refractivity contribution in [3.05, 3.63) is 53.1 Å². The highest BCUT2D eigenvalue weighted by Crippen LogP contribution is 2.38. The van der Waals surface area contributed by atoms with Crippen LogP contribution in [0.15, 0.2) is 30.4 Å². The molecule has 4 rings (SSSR count). The number of benzene rings is 1. The highest BCUT2D eigenvalue weighted by atomic mass is 19.2. The molecule has 2 heterocycles. The Morgan fingerprint density at radius 2 is 1.78 bits per heavy atom. The van der Waals surface area contributed by atoms with Gasteiger partial charge in [0.15, 0.2) is 17.9 Å². The fraction of sp³-hybridized carbons (Fsp3) is 0.630. The molecule has 0 spiro atoms. The van der Waals surface area contributed by atoms with Crippen LogP contribution >= 0.6 is 0 Å². The molecule has 3 unspecified atom stereocenters. The summed E-state index contributed by atoms with van der Waals surface area (Å²) in [5, 5.41) is 0. The van der Waals surface area contributed by atoms with Crippen LogP contribution in [0.25, 0.3) is 5.57 Å². The van der Waals surface area contributed by atoms with Gasteiger partial charge < -0.3 is 14.2 Å². The fourth-order valence-electron chi connectivity index (χ4n) is 4.91. The van der Waals surface area contributed by atoms with Crippen LogP contribution < -0.4 is 0 Å². The summed E-state index contributed by atoms with van der Waals surface area (Å²) in [6.07, 6.45) is 11.1. The maximum absolute atomic E-state index is 15.1. The number of allylic oxidation sites excluding steroid dienone is 4. The highest BCUT2D eigenvalue weighted by molar-refractivity contribution is 5.75. The third kappa shape index (κ3) is 5.00. The molecule has 1 aromatic carbocycles. The van der Waals surface area contributed by atoms with E-state index in [0.717, 1.165) is 37.7 Å². The van der Waals surface area contributed by atoms with Gasteiger partial charge in [-0.2, -0.15) is 0 Å². The lowest BCUT2D eigenvalue weighted by Crippen LogP contribution is -2.43. The van der Waals surface area contributed by atoms with Crippen molar-refractivity contribution in [1.82, 2.24) is 0 Å². The summed E-state index contributed by atoms with van der Waals surface area (Å²) < 4.78 is 47.8. The van der Waals surface area contributed by atoms with E-state index in [2.05, 4.69) is 26.8 Å².